The predicted molar refractivity (Wildman–Crippen MR) is 74.7 cm³/mol. The molecule has 2 N–H and O–H groups in total. The second-order valence-electron chi connectivity index (χ2n) is 6.15. The number of carbonyl (C=O) groups is 2. The van der Waals surface area contributed by atoms with Gasteiger partial charge in [0.25, 0.3) is 5.91 Å². The number of hydrogen-bond donors (Lipinski definition) is 2. The topological polar surface area (TPSA) is 79.3 Å². The van der Waals surface area contributed by atoms with E-state index in [1.165, 1.54) is 18.3 Å². The minimum atomic E-state index is -1.04. The van der Waals surface area contributed by atoms with Gasteiger partial charge in [0.15, 0.2) is 0 Å². The van der Waals surface area contributed by atoms with Crippen molar-refractivity contribution in [2.24, 2.45) is 5.41 Å². The van der Waals surface area contributed by atoms with Crippen molar-refractivity contribution in [1.29, 1.82) is 0 Å². The monoisotopic (exact) mass is 276 g/mol. The van der Waals surface area contributed by atoms with E-state index in [9.17, 15) is 9.59 Å². The number of hydrogen-bond acceptors (Lipinski definition) is 3. The van der Waals surface area contributed by atoms with Gasteiger partial charge in [0.05, 0.1) is 5.56 Å². The summed E-state index contributed by atoms with van der Waals surface area (Å²) in [7, 11) is 0. The lowest BCUT2D eigenvalue weighted by atomic mass is 9.75. The van der Waals surface area contributed by atoms with Crippen LogP contribution >= 0.6 is 0 Å². The van der Waals surface area contributed by atoms with Gasteiger partial charge in [0.2, 0.25) is 0 Å². The Labute approximate surface area is 118 Å². The molecular formula is C15H20N2O3. The van der Waals surface area contributed by atoms with Crippen molar-refractivity contribution in [3.8, 4) is 0 Å². The van der Waals surface area contributed by atoms with Crippen LogP contribution in [0.15, 0.2) is 18.3 Å². The highest BCUT2D eigenvalue weighted by Crippen LogP contribution is 2.34. The van der Waals surface area contributed by atoms with Gasteiger partial charge in [-0.25, -0.2) is 4.79 Å². The summed E-state index contributed by atoms with van der Waals surface area (Å²) in [5, 5.41) is 11.8. The number of carboxylic acids is 1. The lowest BCUT2D eigenvalue weighted by Gasteiger charge is -2.34. The Kier molecular flexibility index (Phi) is 4.06. The number of pyridine rings is 1. The summed E-state index contributed by atoms with van der Waals surface area (Å²) < 4.78 is 0. The van der Waals surface area contributed by atoms with Crippen molar-refractivity contribution in [2.45, 2.75) is 45.6 Å². The molecule has 1 aromatic heterocycles. The number of amides is 1. The van der Waals surface area contributed by atoms with E-state index < -0.39 is 5.97 Å². The third kappa shape index (κ3) is 3.56. The zero-order chi connectivity index (χ0) is 14.8. The van der Waals surface area contributed by atoms with Gasteiger partial charge in [-0.05, 0) is 43.2 Å². The first kappa shape index (κ1) is 14.5. The standard InChI is InChI=1S/C15H20N2O3/c1-15(2)7-5-11(6-8-15)17-13(18)12-4-3-10(9-16-12)14(19)20/h3-4,9,11H,5-8H2,1-2H3,(H,17,18)(H,19,20). The van der Waals surface area contributed by atoms with E-state index in [1.807, 2.05) is 0 Å². The highest BCUT2D eigenvalue weighted by molar-refractivity contribution is 5.93. The molecule has 1 aromatic rings. The Morgan fingerprint density at radius 1 is 1.30 bits per heavy atom. The Morgan fingerprint density at radius 2 is 1.95 bits per heavy atom. The first-order valence-electron chi connectivity index (χ1n) is 6.88. The summed E-state index contributed by atoms with van der Waals surface area (Å²) in [6, 6.07) is 3.04. The quantitative estimate of drug-likeness (QED) is 0.889. The third-order valence-corrected chi connectivity index (χ3v) is 3.92. The normalized spacial score (nSPS) is 18.5. The van der Waals surface area contributed by atoms with Gasteiger partial charge in [-0.2, -0.15) is 0 Å². The molecule has 0 radical (unpaired) electrons. The fourth-order valence-corrected chi connectivity index (χ4v) is 2.46. The average Bonchev–Trinajstić information content (AvgIpc) is 2.41. The molecule has 1 heterocycles. The van der Waals surface area contributed by atoms with Crippen molar-refractivity contribution in [2.75, 3.05) is 0 Å². The van der Waals surface area contributed by atoms with E-state index >= 15 is 0 Å². The van der Waals surface area contributed by atoms with E-state index in [0.717, 1.165) is 25.7 Å². The van der Waals surface area contributed by atoms with E-state index in [2.05, 4.69) is 24.1 Å². The van der Waals surface area contributed by atoms with Gasteiger partial charge in [0.1, 0.15) is 5.69 Å². The number of carboxylic acid groups (broad SMARTS) is 1. The number of nitrogens with zero attached hydrogens (tertiary/aromatic N) is 1. The molecule has 0 atom stereocenters. The highest BCUT2D eigenvalue weighted by atomic mass is 16.4. The van der Waals surface area contributed by atoms with Gasteiger partial charge < -0.3 is 10.4 Å². The number of carbonyl (C=O) groups excluding carboxylic acids is 1. The van der Waals surface area contributed by atoms with Crippen LogP contribution < -0.4 is 5.32 Å². The summed E-state index contributed by atoms with van der Waals surface area (Å²) in [6.07, 6.45) is 5.37. The van der Waals surface area contributed by atoms with Crippen LogP contribution in [-0.4, -0.2) is 28.0 Å². The summed E-state index contributed by atoms with van der Waals surface area (Å²) in [5.41, 5.74) is 0.712. The van der Waals surface area contributed by atoms with Crippen molar-refractivity contribution >= 4 is 11.9 Å². The predicted octanol–water partition coefficient (Wildman–Crippen LogP) is 2.48. The Bertz CT molecular complexity index is 498. The zero-order valence-corrected chi connectivity index (χ0v) is 11.8. The van der Waals surface area contributed by atoms with Crippen molar-refractivity contribution in [3.63, 3.8) is 0 Å². The molecule has 1 saturated carbocycles. The largest absolute Gasteiger partial charge is 0.478 e. The molecule has 0 saturated heterocycles. The fraction of sp³-hybridized carbons (Fsp3) is 0.533. The molecule has 108 valence electrons. The minimum absolute atomic E-state index is 0.0842. The minimum Gasteiger partial charge on any atom is -0.478 e. The molecular weight excluding hydrogens is 256 g/mol. The summed E-state index contributed by atoms with van der Waals surface area (Å²) in [6.45, 7) is 4.49. The first-order chi connectivity index (χ1) is 9.37. The van der Waals surface area contributed by atoms with Crippen LogP contribution in [0, 0.1) is 5.41 Å². The summed E-state index contributed by atoms with van der Waals surface area (Å²) in [5.74, 6) is -1.27. The molecule has 5 nitrogen and oxygen atoms in total. The molecule has 2 rings (SSSR count). The second-order valence-corrected chi connectivity index (χ2v) is 6.15. The fourth-order valence-electron chi connectivity index (χ4n) is 2.46. The molecule has 1 amide bonds. The van der Waals surface area contributed by atoms with Gasteiger partial charge in [0, 0.05) is 12.2 Å². The molecule has 0 bridgehead atoms. The van der Waals surface area contributed by atoms with E-state index in [1.54, 1.807) is 0 Å². The molecule has 0 aromatic carbocycles. The van der Waals surface area contributed by atoms with Crippen molar-refractivity contribution in [3.05, 3.63) is 29.6 Å². The van der Waals surface area contributed by atoms with Crippen molar-refractivity contribution < 1.29 is 14.7 Å². The number of nitrogens with one attached hydrogen (secondary N) is 1. The Hall–Kier alpha value is -1.91. The molecule has 0 aliphatic heterocycles. The van der Waals surface area contributed by atoms with Crippen LogP contribution in [-0.2, 0) is 0 Å². The van der Waals surface area contributed by atoms with Crippen LogP contribution in [0.3, 0.4) is 0 Å². The van der Waals surface area contributed by atoms with Crippen LogP contribution in [0.2, 0.25) is 0 Å². The van der Waals surface area contributed by atoms with Gasteiger partial charge in [-0.15, -0.1) is 0 Å². The highest BCUT2D eigenvalue weighted by Gasteiger charge is 2.27. The van der Waals surface area contributed by atoms with Crippen LogP contribution in [0.25, 0.3) is 0 Å². The lowest BCUT2D eigenvalue weighted by Crippen LogP contribution is -2.39. The van der Waals surface area contributed by atoms with Gasteiger partial charge in [-0.1, -0.05) is 13.8 Å². The SMILES string of the molecule is CC1(C)CCC(NC(=O)c2ccc(C(=O)O)cn2)CC1. The molecule has 1 fully saturated rings. The smallest absolute Gasteiger partial charge is 0.337 e. The maximum absolute atomic E-state index is 12.0. The van der Waals surface area contributed by atoms with Crippen molar-refractivity contribution in [1.82, 2.24) is 10.3 Å². The van der Waals surface area contributed by atoms with E-state index in [4.69, 9.17) is 5.11 Å². The Morgan fingerprint density at radius 3 is 2.45 bits per heavy atom. The van der Waals surface area contributed by atoms with Crippen LogP contribution in [0.1, 0.15) is 60.4 Å². The lowest BCUT2D eigenvalue weighted by molar-refractivity contribution is 0.0695. The maximum atomic E-state index is 12.0. The number of rotatable bonds is 3. The Balaban J connectivity index is 1.93. The molecule has 5 heteroatoms. The molecule has 1 aliphatic carbocycles. The molecule has 0 spiro atoms. The van der Waals surface area contributed by atoms with E-state index in [-0.39, 0.29) is 23.2 Å². The van der Waals surface area contributed by atoms with Crippen LogP contribution in [0.5, 0.6) is 0 Å². The number of aromatic nitrogens is 1. The van der Waals surface area contributed by atoms with Crippen LogP contribution in [0.4, 0.5) is 0 Å². The first-order valence-corrected chi connectivity index (χ1v) is 6.88. The summed E-state index contributed by atoms with van der Waals surface area (Å²) >= 11 is 0. The van der Waals surface area contributed by atoms with Gasteiger partial charge >= 0.3 is 5.97 Å². The second kappa shape index (κ2) is 5.61. The number of aromatic carboxylic acids is 1. The van der Waals surface area contributed by atoms with Gasteiger partial charge in [-0.3, -0.25) is 9.78 Å². The maximum Gasteiger partial charge on any atom is 0.337 e. The molecule has 0 unspecified atom stereocenters. The zero-order valence-electron chi connectivity index (χ0n) is 11.8. The molecule has 1 aliphatic rings. The summed E-state index contributed by atoms with van der Waals surface area (Å²) in [4.78, 5) is 26.7. The molecule has 20 heavy (non-hydrogen) atoms. The third-order valence-electron chi connectivity index (χ3n) is 3.92. The van der Waals surface area contributed by atoms with E-state index in [0.29, 0.717) is 5.41 Å². The average molecular weight is 276 g/mol.